The molecule has 1 heterocycles. The van der Waals surface area contributed by atoms with Gasteiger partial charge < -0.3 is 19.7 Å². The highest BCUT2D eigenvalue weighted by atomic mass is 19.1. The Bertz CT molecular complexity index is 764. The number of hydrogen-bond acceptors (Lipinski definition) is 4. The molecule has 1 aliphatic heterocycles. The molecule has 1 N–H and O–H groups in total. The number of ether oxygens (including phenoxy) is 2. The van der Waals surface area contributed by atoms with Crippen LogP contribution in [0, 0.1) is 5.82 Å². The Morgan fingerprint density at radius 1 is 1.17 bits per heavy atom. The van der Waals surface area contributed by atoms with E-state index in [1.807, 2.05) is 23.1 Å². The van der Waals surface area contributed by atoms with Crippen molar-refractivity contribution in [3.8, 4) is 11.5 Å². The molecule has 0 radical (unpaired) electrons. The summed E-state index contributed by atoms with van der Waals surface area (Å²) in [5, 5.41) is 2.85. The molecule has 1 aliphatic rings. The fourth-order valence-corrected chi connectivity index (χ4v) is 2.85. The van der Waals surface area contributed by atoms with E-state index in [9.17, 15) is 9.18 Å². The fourth-order valence-electron chi connectivity index (χ4n) is 2.85. The predicted octanol–water partition coefficient (Wildman–Crippen LogP) is 2.59. The van der Waals surface area contributed by atoms with Crippen LogP contribution in [0.5, 0.6) is 11.5 Å². The van der Waals surface area contributed by atoms with Crippen LogP contribution in [-0.4, -0.2) is 33.2 Å². The molecule has 0 saturated heterocycles. The zero-order valence-corrected chi connectivity index (χ0v) is 13.6. The van der Waals surface area contributed by atoms with Gasteiger partial charge in [0.25, 0.3) is 5.91 Å². The Labute approximate surface area is 140 Å². The molecule has 0 spiro atoms. The number of hydrogen-bond donors (Lipinski definition) is 1. The Hall–Kier alpha value is -2.76. The Balaban J connectivity index is 1.96. The Morgan fingerprint density at radius 2 is 1.88 bits per heavy atom. The summed E-state index contributed by atoms with van der Waals surface area (Å²) < 4.78 is 24.8. The van der Waals surface area contributed by atoms with Crippen molar-refractivity contribution in [2.45, 2.75) is 6.54 Å². The van der Waals surface area contributed by atoms with Gasteiger partial charge in [-0.2, -0.15) is 0 Å². The van der Waals surface area contributed by atoms with Gasteiger partial charge in [0.15, 0.2) is 11.5 Å². The second-order valence-corrected chi connectivity index (χ2v) is 5.49. The van der Waals surface area contributed by atoms with Crippen LogP contribution in [0.3, 0.4) is 0 Å². The van der Waals surface area contributed by atoms with Crippen LogP contribution in [0.1, 0.15) is 15.9 Å². The van der Waals surface area contributed by atoms with E-state index in [0.29, 0.717) is 42.3 Å². The van der Waals surface area contributed by atoms with Crippen molar-refractivity contribution in [3.63, 3.8) is 0 Å². The van der Waals surface area contributed by atoms with E-state index in [-0.39, 0.29) is 11.7 Å². The van der Waals surface area contributed by atoms with Crippen LogP contribution in [0.15, 0.2) is 36.4 Å². The summed E-state index contributed by atoms with van der Waals surface area (Å²) in [6.45, 7) is 1.43. The van der Waals surface area contributed by atoms with Crippen LogP contribution < -0.4 is 19.7 Å². The van der Waals surface area contributed by atoms with Crippen molar-refractivity contribution >= 4 is 11.6 Å². The summed E-state index contributed by atoms with van der Waals surface area (Å²) in [6.07, 6.45) is 0. The van der Waals surface area contributed by atoms with Crippen LogP contribution in [0.4, 0.5) is 10.1 Å². The molecule has 1 amide bonds. The van der Waals surface area contributed by atoms with Gasteiger partial charge in [-0.3, -0.25) is 4.79 Å². The van der Waals surface area contributed by atoms with E-state index in [1.165, 1.54) is 20.3 Å². The van der Waals surface area contributed by atoms with Crippen molar-refractivity contribution in [1.29, 1.82) is 0 Å². The van der Waals surface area contributed by atoms with Gasteiger partial charge in [0, 0.05) is 37.0 Å². The van der Waals surface area contributed by atoms with Crippen molar-refractivity contribution < 1.29 is 18.7 Å². The summed E-state index contributed by atoms with van der Waals surface area (Å²) in [5.74, 6) is 0.354. The van der Waals surface area contributed by atoms with Gasteiger partial charge in [0.05, 0.1) is 19.8 Å². The van der Waals surface area contributed by atoms with Gasteiger partial charge in [-0.1, -0.05) is 12.1 Å². The van der Waals surface area contributed by atoms with Gasteiger partial charge in [0.1, 0.15) is 5.82 Å². The number of fused-ring (bicyclic) bond motifs is 1. The number of carbonyl (C=O) groups is 1. The maximum atomic E-state index is 14.4. The topological polar surface area (TPSA) is 50.8 Å². The lowest BCUT2D eigenvalue weighted by atomic mass is 10.1. The number of nitrogens with zero attached hydrogens (tertiary/aromatic N) is 1. The molecule has 0 aromatic heterocycles. The molecule has 0 saturated carbocycles. The molecule has 0 bridgehead atoms. The molecule has 0 fully saturated rings. The lowest BCUT2D eigenvalue weighted by Gasteiger charge is -2.24. The third-order valence-electron chi connectivity index (χ3n) is 4.07. The highest BCUT2D eigenvalue weighted by molar-refractivity contribution is 6.00. The monoisotopic (exact) mass is 330 g/mol. The zero-order chi connectivity index (χ0) is 17.1. The van der Waals surface area contributed by atoms with Gasteiger partial charge in [-0.05, 0) is 18.2 Å². The maximum Gasteiger partial charge on any atom is 0.253 e. The zero-order valence-electron chi connectivity index (χ0n) is 13.6. The van der Waals surface area contributed by atoms with E-state index in [1.54, 1.807) is 12.1 Å². The quantitative estimate of drug-likeness (QED) is 0.936. The van der Waals surface area contributed by atoms with Crippen LogP contribution in [0.25, 0.3) is 0 Å². The van der Waals surface area contributed by atoms with Crippen molar-refractivity contribution in [2.24, 2.45) is 0 Å². The lowest BCUT2D eigenvalue weighted by molar-refractivity contribution is 0.0958. The fraction of sp³-hybridized carbons (Fsp3) is 0.278. The number of amides is 1. The Kier molecular flexibility index (Phi) is 4.55. The number of benzene rings is 2. The number of nitrogens with one attached hydrogen (secondary N) is 1. The molecule has 0 unspecified atom stereocenters. The molecular formula is C18H19FN2O3. The molecule has 3 rings (SSSR count). The number of rotatable bonds is 4. The van der Waals surface area contributed by atoms with E-state index in [4.69, 9.17) is 9.47 Å². The summed E-state index contributed by atoms with van der Waals surface area (Å²) in [6, 6.07) is 10.3. The van der Waals surface area contributed by atoms with E-state index < -0.39 is 0 Å². The molecular weight excluding hydrogens is 311 g/mol. The first-order valence-electron chi connectivity index (χ1n) is 7.66. The number of carbonyl (C=O) groups excluding carboxylic acids is 1. The number of para-hydroxylation sites is 1. The van der Waals surface area contributed by atoms with Crippen molar-refractivity contribution in [1.82, 2.24) is 5.32 Å². The molecule has 6 heteroatoms. The smallest absolute Gasteiger partial charge is 0.253 e. The van der Waals surface area contributed by atoms with Crippen LogP contribution in [0.2, 0.25) is 0 Å². The van der Waals surface area contributed by atoms with Gasteiger partial charge >= 0.3 is 0 Å². The average molecular weight is 330 g/mol. The van der Waals surface area contributed by atoms with Crippen molar-refractivity contribution in [2.75, 3.05) is 32.2 Å². The summed E-state index contributed by atoms with van der Waals surface area (Å²) >= 11 is 0. The number of anilines is 1. The largest absolute Gasteiger partial charge is 0.493 e. The van der Waals surface area contributed by atoms with Crippen LogP contribution >= 0.6 is 0 Å². The molecule has 24 heavy (non-hydrogen) atoms. The third kappa shape index (κ3) is 2.99. The van der Waals surface area contributed by atoms with E-state index >= 15 is 0 Å². The normalized spacial score (nSPS) is 13.8. The first-order chi connectivity index (χ1) is 11.6. The molecule has 126 valence electrons. The molecule has 0 atom stereocenters. The predicted molar refractivity (Wildman–Crippen MR) is 89.3 cm³/mol. The minimum atomic E-state index is -0.367. The average Bonchev–Trinajstić information content (AvgIpc) is 2.76. The number of halogens is 1. The van der Waals surface area contributed by atoms with Crippen LogP contribution in [-0.2, 0) is 6.54 Å². The first-order valence-corrected chi connectivity index (χ1v) is 7.66. The maximum absolute atomic E-state index is 14.4. The first kappa shape index (κ1) is 16.1. The molecule has 5 nitrogen and oxygen atoms in total. The lowest BCUT2D eigenvalue weighted by Crippen LogP contribution is -2.30. The highest BCUT2D eigenvalue weighted by Gasteiger charge is 2.21. The molecule has 0 aliphatic carbocycles. The molecule has 2 aromatic carbocycles. The SMILES string of the molecule is COc1cc(F)c(CN2CCNC(=O)c3ccccc32)cc1OC. The molecule has 2 aromatic rings. The Morgan fingerprint density at radius 3 is 2.62 bits per heavy atom. The summed E-state index contributed by atoms with van der Waals surface area (Å²) in [4.78, 5) is 14.1. The standard InChI is InChI=1S/C18H19FN2O3/c1-23-16-9-12(14(19)10-17(16)24-2)11-21-8-7-20-18(22)13-5-3-4-6-15(13)21/h3-6,9-10H,7-8,11H2,1-2H3,(H,20,22). The minimum absolute atomic E-state index is 0.110. The second kappa shape index (κ2) is 6.78. The second-order valence-electron chi connectivity index (χ2n) is 5.49. The van der Waals surface area contributed by atoms with Gasteiger partial charge in [0.2, 0.25) is 0 Å². The minimum Gasteiger partial charge on any atom is -0.493 e. The van der Waals surface area contributed by atoms with Crippen molar-refractivity contribution in [3.05, 3.63) is 53.3 Å². The van der Waals surface area contributed by atoms with E-state index in [0.717, 1.165) is 5.69 Å². The highest BCUT2D eigenvalue weighted by Crippen LogP contribution is 2.32. The van der Waals surface area contributed by atoms with E-state index in [2.05, 4.69) is 5.32 Å². The third-order valence-corrected chi connectivity index (χ3v) is 4.07. The van der Waals surface area contributed by atoms with Gasteiger partial charge in [-0.15, -0.1) is 0 Å². The summed E-state index contributed by atoms with van der Waals surface area (Å²) in [7, 11) is 2.99. The van der Waals surface area contributed by atoms with Gasteiger partial charge in [-0.25, -0.2) is 4.39 Å². The number of methoxy groups -OCH3 is 2. The summed E-state index contributed by atoms with van der Waals surface area (Å²) in [5.41, 5.74) is 1.87.